The highest BCUT2D eigenvalue weighted by molar-refractivity contribution is 5.98. The molecule has 10 aromatic rings. The molecule has 3 aromatic heterocycles. The van der Waals surface area contributed by atoms with Crippen molar-refractivity contribution in [3.05, 3.63) is 241 Å². The van der Waals surface area contributed by atoms with Crippen LogP contribution in [0.3, 0.4) is 0 Å². The van der Waals surface area contributed by atoms with E-state index in [9.17, 15) is 0 Å². The van der Waals surface area contributed by atoms with Crippen LogP contribution >= 0.6 is 0 Å². The van der Waals surface area contributed by atoms with Crippen molar-refractivity contribution < 1.29 is 0 Å². The topological polar surface area (TPSA) is 51.6 Å². The average molecular weight is 777 g/mol. The highest BCUT2D eigenvalue weighted by Crippen LogP contribution is 2.61. The standard InChI is InChI=1S/C57H36N4/c1-2-14-45-44(13-1)46-15-3-6-18-50(46)57(51-19-7-4-16-47(51)48-17-5-8-20-52(48)57)53-33-41(29-30-49(45)53)55-34-54(39-25-21-37(22-26-39)42-11-9-31-58-35-42)60-56(61-55)40-27-23-38(24-28-40)43-12-10-32-59-36-43/h1-36H. The lowest BCUT2D eigenvalue weighted by Crippen LogP contribution is -2.29. The van der Waals surface area contributed by atoms with Gasteiger partial charge >= 0.3 is 0 Å². The zero-order valence-corrected chi connectivity index (χ0v) is 33.1. The van der Waals surface area contributed by atoms with E-state index in [0.717, 1.165) is 50.3 Å². The maximum atomic E-state index is 5.40. The van der Waals surface area contributed by atoms with Crippen molar-refractivity contribution in [2.45, 2.75) is 5.41 Å². The molecule has 0 unspecified atom stereocenters. The van der Waals surface area contributed by atoms with Gasteiger partial charge in [0.05, 0.1) is 16.8 Å². The zero-order chi connectivity index (χ0) is 40.3. The van der Waals surface area contributed by atoms with Gasteiger partial charge in [-0.15, -0.1) is 0 Å². The first-order valence-corrected chi connectivity index (χ1v) is 20.7. The molecule has 3 heterocycles. The van der Waals surface area contributed by atoms with Gasteiger partial charge in [0.15, 0.2) is 5.82 Å². The van der Waals surface area contributed by atoms with E-state index in [4.69, 9.17) is 9.97 Å². The van der Waals surface area contributed by atoms with Gasteiger partial charge in [0.1, 0.15) is 0 Å². The minimum atomic E-state index is -0.586. The van der Waals surface area contributed by atoms with E-state index in [2.05, 4.69) is 192 Å². The van der Waals surface area contributed by atoms with Crippen LogP contribution in [0, 0.1) is 0 Å². The summed E-state index contributed by atoms with van der Waals surface area (Å²) in [6, 6.07) is 70.2. The SMILES string of the molecule is c1cncc(-c2ccc(-c3cc(-c4ccc5c(c4)C4(c6ccccc6-c6ccccc6-5)c5ccccc5-c5ccccc54)nc(-c4ccc(-c5cccnc5)cc4)n3)cc2)c1. The number of hydrogen-bond donors (Lipinski definition) is 0. The normalized spacial score (nSPS) is 12.7. The molecule has 0 saturated heterocycles. The molecule has 0 fully saturated rings. The summed E-state index contributed by atoms with van der Waals surface area (Å²) in [6.45, 7) is 0. The van der Waals surface area contributed by atoms with Crippen LogP contribution in [0.1, 0.15) is 22.3 Å². The molecule has 284 valence electrons. The molecule has 2 aliphatic carbocycles. The monoisotopic (exact) mass is 776 g/mol. The molecule has 0 aliphatic heterocycles. The maximum absolute atomic E-state index is 5.40. The van der Waals surface area contributed by atoms with Crippen molar-refractivity contribution in [3.63, 3.8) is 0 Å². The number of nitrogens with zero attached hydrogens (tertiary/aromatic N) is 4. The summed E-state index contributed by atoms with van der Waals surface area (Å²) in [5.41, 5.74) is 21.0. The molecule has 0 amide bonds. The second-order valence-electron chi connectivity index (χ2n) is 15.8. The number of fused-ring (bicyclic) bond motifs is 12. The van der Waals surface area contributed by atoms with E-state index >= 15 is 0 Å². The molecule has 0 N–H and O–H groups in total. The van der Waals surface area contributed by atoms with Gasteiger partial charge in [0.2, 0.25) is 0 Å². The lowest BCUT2D eigenvalue weighted by Gasteiger charge is -2.35. The first kappa shape index (κ1) is 34.9. The smallest absolute Gasteiger partial charge is 0.160 e. The Morgan fingerprint density at radius 3 is 1.20 bits per heavy atom. The molecule has 4 heteroatoms. The highest BCUT2D eigenvalue weighted by atomic mass is 14.9. The molecule has 2 aliphatic rings. The number of pyridine rings is 2. The molecule has 1 spiro atoms. The van der Waals surface area contributed by atoms with Crippen molar-refractivity contribution in [1.29, 1.82) is 0 Å². The average Bonchev–Trinajstić information content (AvgIpc) is 3.59. The van der Waals surface area contributed by atoms with Gasteiger partial charge in [-0.2, -0.15) is 0 Å². The predicted molar refractivity (Wildman–Crippen MR) is 247 cm³/mol. The molecule has 0 saturated carbocycles. The summed E-state index contributed by atoms with van der Waals surface area (Å²) in [4.78, 5) is 19.3. The fourth-order valence-corrected chi connectivity index (χ4v) is 9.79. The number of aromatic nitrogens is 4. The lowest BCUT2D eigenvalue weighted by molar-refractivity contribution is 0.775. The number of benzene rings is 7. The molecular weight excluding hydrogens is 741 g/mol. The second kappa shape index (κ2) is 14.0. The van der Waals surface area contributed by atoms with Crippen molar-refractivity contribution in [3.8, 4) is 89.5 Å². The van der Waals surface area contributed by atoms with E-state index in [1.807, 2.05) is 24.5 Å². The van der Waals surface area contributed by atoms with Crippen molar-refractivity contribution in [2.75, 3.05) is 0 Å². The fraction of sp³-hybridized carbons (Fsp3) is 0.0175. The lowest BCUT2D eigenvalue weighted by atomic mass is 9.65. The fourth-order valence-electron chi connectivity index (χ4n) is 9.79. The molecule has 61 heavy (non-hydrogen) atoms. The molecule has 0 radical (unpaired) electrons. The van der Waals surface area contributed by atoms with Crippen molar-refractivity contribution in [1.82, 2.24) is 19.9 Å². The number of hydrogen-bond acceptors (Lipinski definition) is 4. The van der Waals surface area contributed by atoms with Gasteiger partial charge in [0, 0.05) is 41.5 Å². The summed E-state index contributed by atoms with van der Waals surface area (Å²) < 4.78 is 0. The summed E-state index contributed by atoms with van der Waals surface area (Å²) in [5, 5.41) is 0. The van der Waals surface area contributed by atoms with Crippen LogP contribution in [0.4, 0.5) is 0 Å². The van der Waals surface area contributed by atoms with Crippen molar-refractivity contribution >= 4 is 0 Å². The van der Waals surface area contributed by atoms with Gasteiger partial charge in [-0.05, 0) is 102 Å². The summed E-state index contributed by atoms with van der Waals surface area (Å²) in [5.74, 6) is 0.665. The van der Waals surface area contributed by atoms with Gasteiger partial charge in [0.25, 0.3) is 0 Å². The molecule has 4 nitrogen and oxygen atoms in total. The highest BCUT2D eigenvalue weighted by Gasteiger charge is 2.49. The van der Waals surface area contributed by atoms with E-state index < -0.39 is 5.41 Å². The third-order valence-corrected chi connectivity index (χ3v) is 12.5. The van der Waals surface area contributed by atoms with Crippen LogP contribution in [0.15, 0.2) is 219 Å². The largest absolute Gasteiger partial charge is 0.264 e. The van der Waals surface area contributed by atoms with Gasteiger partial charge in [-0.3, -0.25) is 9.97 Å². The Hall–Kier alpha value is -8.08. The molecule has 0 bridgehead atoms. The van der Waals surface area contributed by atoms with E-state index in [1.54, 1.807) is 12.4 Å². The number of rotatable bonds is 5. The Balaban J connectivity index is 1.10. The zero-order valence-electron chi connectivity index (χ0n) is 33.1. The summed E-state index contributed by atoms with van der Waals surface area (Å²) in [6.07, 6.45) is 7.39. The van der Waals surface area contributed by atoms with Crippen LogP contribution in [0.5, 0.6) is 0 Å². The molecular formula is C57H36N4. The quantitative estimate of drug-likeness (QED) is 0.175. The van der Waals surface area contributed by atoms with Gasteiger partial charge in [-0.25, -0.2) is 9.97 Å². The first-order valence-electron chi connectivity index (χ1n) is 20.7. The Labute approximate surface area is 354 Å². The second-order valence-corrected chi connectivity index (χ2v) is 15.8. The third-order valence-electron chi connectivity index (χ3n) is 12.5. The van der Waals surface area contributed by atoms with Crippen LogP contribution < -0.4 is 0 Å². The van der Waals surface area contributed by atoms with Crippen molar-refractivity contribution in [2.24, 2.45) is 0 Å². The molecule has 12 rings (SSSR count). The van der Waals surface area contributed by atoms with Gasteiger partial charge in [-0.1, -0.05) is 170 Å². The third kappa shape index (κ3) is 5.53. The Morgan fingerprint density at radius 1 is 0.279 bits per heavy atom. The predicted octanol–water partition coefficient (Wildman–Crippen LogP) is 13.6. The van der Waals surface area contributed by atoms with Crippen LogP contribution in [-0.2, 0) is 5.41 Å². The van der Waals surface area contributed by atoms with E-state index in [0.29, 0.717) is 5.82 Å². The van der Waals surface area contributed by atoms with Crippen LogP contribution in [0.25, 0.3) is 89.5 Å². The Kier molecular flexibility index (Phi) is 8.04. The van der Waals surface area contributed by atoms with E-state index in [-0.39, 0.29) is 0 Å². The Bertz CT molecular complexity index is 3140. The van der Waals surface area contributed by atoms with E-state index in [1.165, 1.54) is 55.6 Å². The first-order chi connectivity index (χ1) is 30.2. The summed E-state index contributed by atoms with van der Waals surface area (Å²) >= 11 is 0. The maximum Gasteiger partial charge on any atom is 0.160 e. The van der Waals surface area contributed by atoms with Crippen LogP contribution in [0.2, 0.25) is 0 Å². The van der Waals surface area contributed by atoms with Gasteiger partial charge < -0.3 is 0 Å². The minimum Gasteiger partial charge on any atom is -0.264 e. The van der Waals surface area contributed by atoms with Crippen LogP contribution in [-0.4, -0.2) is 19.9 Å². The molecule has 7 aromatic carbocycles. The molecule has 0 atom stereocenters. The summed E-state index contributed by atoms with van der Waals surface area (Å²) in [7, 11) is 0. The minimum absolute atomic E-state index is 0.586. The Morgan fingerprint density at radius 2 is 0.689 bits per heavy atom.